The molecule has 0 aliphatic heterocycles. The Hall–Kier alpha value is -1.29. The molecule has 0 radical (unpaired) electrons. The molecule has 0 unspecified atom stereocenters. The maximum absolute atomic E-state index is 11.4. The fourth-order valence-electron chi connectivity index (χ4n) is 1.71. The number of benzene rings is 1. The molecule has 0 saturated heterocycles. The molecule has 1 aromatic carbocycles. The van der Waals surface area contributed by atoms with Crippen molar-refractivity contribution in [2.75, 3.05) is 0 Å². The summed E-state index contributed by atoms with van der Waals surface area (Å²) in [5.74, 6) is 0.279. The molecule has 1 aromatic heterocycles. The van der Waals surface area contributed by atoms with Gasteiger partial charge in [-0.25, -0.2) is 4.79 Å². The summed E-state index contributed by atoms with van der Waals surface area (Å²) in [6, 6.07) is 7.85. The van der Waals surface area contributed by atoms with Gasteiger partial charge in [0.25, 0.3) is 0 Å². The van der Waals surface area contributed by atoms with E-state index in [1.54, 1.807) is 0 Å². The number of hydrogen-bond acceptors (Lipinski definition) is 1. The second-order valence-electron chi connectivity index (χ2n) is 4.00. The molecule has 0 bridgehead atoms. The minimum absolute atomic E-state index is 0.158. The lowest BCUT2D eigenvalue weighted by Crippen LogP contribution is -2.01. The van der Waals surface area contributed by atoms with Crippen molar-refractivity contribution in [2.24, 2.45) is 0 Å². The summed E-state index contributed by atoms with van der Waals surface area (Å²) in [7, 11) is 0. The van der Waals surface area contributed by atoms with E-state index in [0.717, 1.165) is 21.4 Å². The van der Waals surface area contributed by atoms with E-state index in [-0.39, 0.29) is 11.6 Å². The number of imidazole rings is 1. The highest BCUT2D eigenvalue weighted by Gasteiger charge is 2.14. The van der Waals surface area contributed by atoms with Gasteiger partial charge >= 0.3 is 5.69 Å². The van der Waals surface area contributed by atoms with Crippen LogP contribution in [0.2, 0.25) is 0 Å². The molecule has 16 heavy (non-hydrogen) atoms. The van der Waals surface area contributed by atoms with Crippen molar-refractivity contribution in [2.45, 2.75) is 19.8 Å². The first-order valence-electron chi connectivity index (χ1n) is 5.16. The van der Waals surface area contributed by atoms with Crippen LogP contribution in [0.25, 0.3) is 11.3 Å². The van der Waals surface area contributed by atoms with E-state index in [1.165, 1.54) is 0 Å². The van der Waals surface area contributed by atoms with Crippen molar-refractivity contribution < 1.29 is 0 Å². The van der Waals surface area contributed by atoms with Crippen molar-refractivity contribution in [3.05, 3.63) is 44.9 Å². The molecule has 4 heteroatoms. The van der Waals surface area contributed by atoms with Gasteiger partial charge in [0.05, 0.1) is 5.69 Å². The third-order valence-corrected chi connectivity index (χ3v) is 3.17. The molecule has 0 aliphatic carbocycles. The lowest BCUT2D eigenvalue weighted by molar-refractivity contribution is 0.831. The maximum atomic E-state index is 11.4. The number of aromatic amines is 2. The van der Waals surface area contributed by atoms with Crippen molar-refractivity contribution in [3.8, 4) is 11.3 Å². The molecule has 0 amide bonds. The number of H-pyrrole nitrogens is 2. The van der Waals surface area contributed by atoms with Crippen LogP contribution in [0, 0.1) is 0 Å². The average molecular weight is 281 g/mol. The van der Waals surface area contributed by atoms with Crippen LogP contribution in [0.15, 0.2) is 33.5 Å². The van der Waals surface area contributed by atoms with Gasteiger partial charge in [-0.15, -0.1) is 0 Å². The van der Waals surface area contributed by atoms with Crippen LogP contribution in [0.5, 0.6) is 0 Å². The summed E-state index contributed by atoms with van der Waals surface area (Å²) in [4.78, 5) is 17.1. The number of rotatable bonds is 2. The highest BCUT2D eigenvalue weighted by molar-refractivity contribution is 9.10. The first-order chi connectivity index (χ1) is 7.59. The highest BCUT2D eigenvalue weighted by atomic mass is 79.9. The van der Waals surface area contributed by atoms with Gasteiger partial charge in [0.15, 0.2) is 0 Å². The van der Waals surface area contributed by atoms with Crippen molar-refractivity contribution >= 4 is 15.9 Å². The predicted octanol–water partition coefficient (Wildman–Crippen LogP) is 3.26. The molecule has 0 aliphatic rings. The molecule has 84 valence electrons. The third-order valence-electron chi connectivity index (χ3n) is 2.48. The molecule has 0 fully saturated rings. The minimum Gasteiger partial charge on any atom is -0.309 e. The topological polar surface area (TPSA) is 48.6 Å². The predicted molar refractivity (Wildman–Crippen MR) is 68.6 cm³/mol. The molecule has 2 aromatic rings. The summed E-state index contributed by atoms with van der Waals surface area (Å²) in [6.07, 6.45) is 0. The Labute approximate surface area is 102 Å². The van der Waals surface area contributed by atoms with Crippen molar-refractivity contribution in [3.63, 3.8) is 0 Å². The summed E-state index contributed by atoms with van der Waals surface area (Å²) in [5.41, 5.74) is 2.66. The largest absolute Gasteiger partial charge is 0.323 e. The Morgan fingerprint density at radius 2 is 1.88 bits per heavy atom. The van der Waals surface area contributed by atoms with Gasteiger partial charge in [-0.1, -0.05) is 48.0 Å². The van der Waals surface area contributed by atoms with Crippen LogP contribution in [0.4, 0.5) is 0 Å². The molecular formula is C12H13BrN2O. The van der Waals surface area contributed by atoms with Crippen LogP contribution < -0.4 is 5.69 Å². The molecule has 2 rings (SSSR count). The van der Waals surface area contributed by atoms with Crippen molar-refractivity contribution in [1.29, 1.82) is 0 Å². The smallest absolute Gasteiger partial charge is 0.309 e. The van der Waals surface area contributed by atoms with E-state index >= 15 is 0 Å². The van der Waals surface area contributed by atoms with Gasteiger partial charge in [-0.3, -0.25) is 0 Å². The van der Waals surface area contributed by atoms with Gasteiger partial charge in [0, 0.05) is 15.7 Å². The highest BCUT2D eigenvalue weighted by Crippen LogP contribution is 2.30. The minimum atomic E-state index is -0.158. The lowest BCUT2D eigenvalue weighted by Gasteiger charge is -2.07. The summed E-state index contributed by atoms with van der Waals surface area (Å²) < 4.78 is 0.979. The Morgan fingerprint density at radius 1 is 1.19 bits per heavy atom. The van der Waals surface area contributed by atoms with E-state index < -0.39 is 0 Å². The normalized spacial score (nSPS) is 11.0. The number of nitrogens with one attached hydrogen (secondary N) is 2. The molecule has 0 spiro atoms. The summed E-state index contributed by atoms with van der Waals surface area (Å²) in [6.45, 7) is 4.11. The molecule has 0 atom stereocenters. The number of halogens is 1. The second kappa shape index (κ2) is 4.29. The van der Waals surface area contributed by atoms with Gasteiger partial charge in [-0.2, -0.15) is 0 Å². The zero-order valence-electron chi connectivity index (χ0n) is 9.17. The molecule has 0 saturated carbocycles. The quantitative estimate of drug-likeness (QED) is 0.872. The molecular weight excluding hydrogens is 268 g/mol. The molecule has 2 N–H and O–H groups in total. The van der Waals surface area contributed by atoms with E-state index in [9.17, 15) is 4.79 Å². The van der Waals surface area contributed by atoms with Crippen LogP contribution in [-0.2, 0) is 0 Å². The van der Waals surface area contributed by atoms with Crippen LogP contribution >= 0.6 is 15.9 Å². The number of aromatic nitrogens is 2. The first kappa shape index (κ1) is 11.2. The Kier molecular flexibility index (Phi) is 3.01. The summed E-state index contributed by atoms with van der Waals surface area (Å²) in [5, 5.41) is 0. The lowest BCUT2D eigenvalue weighted by atomic mass is 10.0. The monoisotopic (exact) mass is 280 g/mol. The SMILES string of the molecule is CC(C)c1[nH]c(=O)[nH]c1-c1ccccc1Br. The first-order valence-corrected chi connectivity index (χ1v) is 5.96. The van der Waals surface area contributed by atoms with E-state index in [2.05, 4.69) is 39.7 Å². The fraction of sp³-hybridized carbons (Fsp3) is 0.250. The number of hydrogen-bond donors (Lipinski definition) is 2. The Morgan fingerprint density at radius 3 is 2.50 bits per heavy atom. The zero-order valence-corrected chi connectivity index (χ0v) is 10.8. The maximum Gasteiger partial charge on any atom is 0.323 e. The van der Waals surface area contributed by atoms with Crippen LogP contribution in [0.3, 0.4) is 0 Å². The van der Waals surface area contributed by atoms with Gasteiger partial charge in [0.2, 0.25) is 0 Å². The van der Waals surface area contributed by atoms with Gasteiger partial charge in [0.1, 0.15) is 0 Å². The average Bonchev–Trinajstić information content (AvgIpc) is 2.61. The standard InChI is InChI=1S/C12H13BrN2O/c1-7(2)10-11(15-12(16)14-10)8-5-3-4-6-9(8)13/h3-7H,1-2H3,(H2,14,15,16). The fourth-order valence-corrected chi connectivity index (χ4v) is 2.19. The van der Waals surface area contributed by atoms with Gasteiger partial charge < -0.3 is 9.97 Å². The molecule has 3 nitrogen and oxygen atoms in total. The van der Waals surface area contributed by atoms with Gasteiger partial charge in [-0.05, 0) is 12.0 Å². The van der Waals surface area contributed by atoms with Crippen molar-refractivity contribution in [1.82, 2.24) is 9.97 Å². The Bertz CT molecular complexity index is 554. The zero-order chi connectivity index (χ0) is 11.7. The third kappa shape index (κ3) is 1.97. The Balaban J connectivity index is 2.64. The van der Waals surface area contributed by atoms with Crippen LogP contribution in [0.1, 0.15) is 25.5 Å². The second-order valence-corrected chi connectivity index (χ2v) is 4.86. The van der Waals surface area contributed by atoms with E-state index in [1.807, 2.05) is 24.3 Å². The van der Waals surface area contributed by atoms with Crippen LogP contribution in [-0.4, -0.2) is 9.97 Å². The van der Waals surface area contributed by atoms with E-state index in [0.29, 0.717) is 0 Å². The summed E-state index contributed by atoms with van der Waals surface area (Å²) >= 11 is 3.49. The van der Waals surface area contributed by atoms with E-state index in [4.69, 9.17) is 0 Å². The molecule has 1 heterocycles.